The summed E-state index contributed by atoms with van der Waals surface area (Å²) in [6, 6.07) is 20.6. The summed E-state index contributed by atoms with van der Waals surface area (Å²) in [5, 5.41) is 0.760. The summed E-state index contributed by atoms with van der Waals surface area (Å²) in [5.41, 5.74) is 8.10. The predicted molar refractivity (Wildman–Crippen MR) is 174 cm³/mol. The van der Waals surface area contributed by atoms with Crippen molar-refractivity contribution in [2.75, 3.05) is 48.4 Å². The largest absolute Gasteiger partial charge is 0.497 e. The topological polar surface area (TPSA) is 130 Å². The van der Waals surface area contributed by atoms with E-state index in [1.54, 1.807) is 74.9 Å². The molecule has 4 aromatic carbocycles. The molecule has 5 rings (SSSR count). The van der Waals surface area contributed by atoms with Gasteiger partial charge in [0.05, 0.1) is 48.0 Å². The Morgan fingerprint density at radius 2 is 1.33 bits per heavy atom. The van der Waals surface area contributed by atoms with Crippen LogP contribution in [0.5, 0.6) is 34.5 Å². The summed E-state index contributed by atoms with van der Waals surface area (Å²) in [5.74, 6) is 2.03. The zero-order valence-corrected chi connectivity index (χ0v) is 26.3. The lowest BCUT2D eigenvalue weighted by Crippen LogP contribution is -2.27. The number of aromatic nitrogens is 1. The van der Waals surface area contributed by atoms with Crippen LogP contribution in [0.4, 0.5) is 5.69 Å². The highest BCUT2D eigenvalue weighted by atomic mass is 16.5. The molecular formula is C35H34N2O9. The number of nitrogen functional groups attached to an aromatic ring is 1. The van der Waals surface area contributed by atoms with Crippen LogP contribution in [0.15, 0.2) is 77.6 Å². The van der Waals surface area contributed by atoms with E-state index in [4.69, 9.17) is 38.9 Å². The minimum Gasteiger partial charge on any atom is -0.497 e. The molecule has 238 valence electrons. The van der Waals surface area contributed by atoms with Gasteiger partial charge in [0.15, 0.2) is 11.5 Å². The minimum atomic E-state index is -0.730. The molecule has 11 heteroatoms. The molecule has 0 saturated heterocycles. The molecule has 0 saturated carbocycles. The number of rotatable bonds is 11. The van der Waals surface area contributed by atoms with E-state index < -0.39 is 11.5 Å². The molecule has 2 N–H and O–H groups in total. The third-order valence-corrected chi connectivity index (χ3v) is 7.45. The Bertz CT molecular complexity index is 1920. The van der Waals surface area contributed by atoms with Crippen molar-refractivity contribution in [1.82, 2.24) is 4.57 Å². The molecule has 0 spiro atoms. The molecular weight excluding hydrogens is 592 g/mol. The molecule has 0 bridgehead atoms. The highest BCUT2D eigenvalue weighted by molar-refractivity contribution is 6.08. The highest BCUT2D eigenvalue weighted by Crippen LogP contribution is 2.44. The van der Waals surface area contributed by atoms with Gasteiger partial charge in [0.1, 0.15) is 29.5 Å². The Morgan fingerprint density at radius 3 is 1.87 bits per heavy atom. The van der Waals surface area contributed by atoms with Crippen molar-refractivity contribution in [2.24, 2.45) is 0 Å². The summed E-state index contributed by atoms with van der Waals surface area (Å²) in [6.07, 6.45) is 0. The van der Waals surface area contributed by atoms with Gasteiger partial charge in [-0.2, -0.15) is 0 Å². The van der Waals surface area contributed by atoms with Crippen molar-refractivity contribution in [1.29, 1.82) is 0 Å². The quantitative estimate of drug-likeness (QED) is 0.145. The molecule has 5 aromatic rings. The van der Waals surface area contributed by atoms with Crippen LogP contribution in [-0.2, 0) is 11.3 Å². The molecule has 0 atom stereocenters. The predicted octanol–water partition coefficient (Wildman–Crippen LogP) is 5.65. The summed E-state index contributed by atoms with van der Waals surface area (Å²) < 4.78 is 40.2. The zero-order valence-electron chi connectivity index (χ0n) is 26.3. The lowest BCUT2D eigenvalue weighted by atomic mass is 9.95. The first-order valence-electron chi connectivity index (χ1n) is 14.1. The van der Waals surface area contributed by atoms with Gasteiger partial charge < -0.3 is 38.9 Å². The van der Waals surface area contributed by atoms with Crippen LogP contribution in [0.2, 0.25) is 0 Å². The first-order valence-corrected chi connectivity index (χ1v) is 14.1. The number of benzene rings is 4. The average Bonchev–Trinajstić information content (AvgIpc) is 3.09. The summed E-state index contributed by atoms with van der Waals surface area (Å²) in [4.78, 5) is 27.9. The number of pyridine rings is 1. The van der Waals surface area contributed by atoms with E-state index in [1.807, 2.05) is 12.1 Å². The first kappa shape index (κ1) is 31.6. The first-order chi connectivity index (χ1) is 22.3. The van der Waals surface area contributed by atoms with Crippen molar-refractivity contribution in [3.05, 3.63) is 94.4 Å². The van der Waals surface area contributed by atoms with Crippen molar-refractivity contribution in [3.8, 4) is 51.3 Å². The molecule has 11 nitrogen and oxygen atoms in total. The number of hydrogen-bond donors (Lipinski definition) is 1. The number of nitrogens with two attached hydrogens (primary N) is 1. The van der Waals surface area contributed by atoms with Crippen LogP contribution >= 0.6 is 0 Å². The van der Waals surface area contributed by atoms with Crippen LogP contribution in [0.25, 0.3) is 27.6 Å². The van der Waals surface area contributed by atoms with Gasteiger partial charge in [0, 0.05) is 23.0 Å². The van der Waals surface area contributed by atoms with Gasteiger partial charge in [-0.3, -0.25) is 9.36 Å². The zero-order chi connectivity index (χ0) is 33.0. The van der Waals surface area contributed by atoms with Gasteiger partial charge in [-0.25, -0.2) is 4.79 Å². The van der Waals surface area contributed by atoms with Crippen molar-refractivity contribution in [3.63, 3.8) is 0 Å². The van der Waals surface area contributed by atoms with E-state index >= 15 is 0 Å². The number of ether oxygens (including phenoxy) is 7. The molecule has 0 aliphatic carbocycles. The van der Waals surface area contributed by atoms with Crippen molar-refractivity contribution < 1.29 is 38.0 Å². The van der Waals surface area contributed by atoms with E-state index in [0.29, 0.717) is 62.4 Å². The Morgan fingerprint density at radius 1 is 0.696 bits per heavy atom. The number of carbonyl (C=O) groups excluding carboxylic acids is 1. The molecule has 0 amide bonds. The Hall–Kier alpha value is -5.84. The number of nitrogens with zero attached hydrogens (tertiary/aromatic N) is 1. The van der Waals surface area contributed by atoms with Crippen molar-refractivity contribution >= 4 is 22.4 Å². The number of methoxy groups -OCH3 is 6. The number of fused-ring (bicyclic) bond motifs is 1. The summed E-state index contributed by atoms with van der Waals surface area (Å²) in [7, 11) is 8.90. The maximum absolute atomic E-state index is 14.3. The lowest BCUT2D eigenvalue weighted by molar-refractivity contribution is 0.0591. The summed E-state index contributed by atoms with van der Waals surface area (Å²) >= 11 is 0. The Kier molecular flexibility index (Phi) is 9.22. The van der Waals surface area contributed by atoms with Crippen molar-refractivity contribution in [2.45, 2.75) is 6.61 Å². The van der Waals surface area contributed by atoms with Crippen LogP contribution in [0, 0.1) is 0 Å². The minimum absolute atomic E-state index is 0.00353. The standard InChI is InChI=1S/C35H34N2O9/c1-40-25-13-20(14-26(17-25)41-2)19-46-24-11-12-27-28(18-24)34(38)37(23-9-7-22(36)8-10-23)32(35(39)45-6)31(27)21-15-29(42-3)33(44-5)30(16-21)43-4/h7-18H,19,36H2,1-6H3. The number of carbonyl (C=O) groups is 1. The SMILES string of the molecule is COC(=O)c1c(-c2cc(OC)c(OC)c(OC)c2)c2ccc(OCc3cc(OC)cc(OC)c3)cc2c(=O)n1-c1ccc(N)cc1. The third kappa shape index (κ3) is 5.94. The van der Waals surface area contributed by atoms with Gasteiger partial charge in [-0.15, -0.1) is 0 Å². The fraction of sp³-hybridized carbons (Fsp3) is 0.200. The van der Waals surface area contributed by atoms with Crippen LogP contribution in [0.3, 0.4) is 0 Å². The van der Waals surface area contributed by atoms with Gasteiger partial charge >= 0.3 is 5.97 Å². The normalized spacial score (nSPS) is 10.7. The number of anilines is 1. The number of esters is 1. The molecule has 0 aliphatic rings. The van der Waals surface area contributed by atoms with Gasteiger partial charge in [0.25, 0.3) is 5.56 Å². The molecule has 0 radical (unpaired) electrons. The molecule has 0 fully saturated rings. The molecule has 1 heterocycles. The fourth-order valence-electron chi connectivity index (χ4n) is 5.26. The molecule has 0 aliphatic heterocycles. The average molecular weight is 627 g/mol. The van der Waals surface area contributed by atoms with Gasteiger partial charge in [0.2, 0.25) is 5.75 Å². The maximum Gasteiger partial charge on any atom is 0.355 e. The van der Waals surface area contributed by atoms with Gasteiger partial charge in [-0.05, 0) is 83.2 Å². The molecule has 46 heavy (non-hydrogen) atoms. The second-order valence-corrected chi connectivity index (χ2v) is 10.1. The second kappa shape index (κ2) is 13.4. The maximum atomic E-state index is 14.3. The Balaban J connectivity index is 1.79. The Labute approximate surface area is 265 Å². The van der Waals surface area contributed by atoms with Crippen LogP contribution in [-0.4, -0.2) is 53.2 Å². The monoisotopic (exact) mass is 626 g/mol. The van der Waals surface area contributed by atoms with E-state index in [2.05, 4.69) is 0 Å². The van der Waals surface area contributed by atoms with E-state index in [9.17, 15) is 9.59 Å². The van der Waals surface area contributed by atoms with E-state index in [0.717, 1.165) is 5.56 Å². The highest BCUT2D eigenvalue weighted by Gasteiger charge is 2.27. The summed E-state index contributed by atoms with van der Waals surface area (Å²) in [6.45, 7) is 0.172. The van der Waals surface area contributed by atoms with Crippen LogP contribution < -0.4 is 39.7 Å². The third-order valence-electron chi connectivity index (χ3n) is 7.45. The smallest absolute Gasteiger partial charge is 0.355 e. The second-order valence-electron chi connectivity index (χ2n) is 10.1. The van der Waals surface area contributed by atoms with Gasteiger partial charge in [-0.1, -0.05) is 0 Å². The molecule has 0 unspecified atom stereocenters. The van der Waals surface area contributed by atoms with E-state index in [1.165, 1.54) is 33.0 Å². The van der Waals surface area contributed by atoms with E-state index in [-0.39, 0.29) is 17.7 Å². The molecule has 1 aromatic heterocycles. The number of hydrogen-bond acceptors (Lipinski definition) is 10. The van der Waals surface area contributed by atoms with Crippen LogP contribution in [0.1, 0.15) is 16.1 Å². The lowest BCUT2D eigenvalue weighted by Gasteiger charge is -2.21. The fourth-order valence-corrected chi connectivity index (χ4v) is 5.26.